The third kappa shape index (κ3) is 59.3. The third-order valence-corrected chi connectivity index (χ3v) is 12.9. The highest BCUT2D eigenvalue weighted by Gasteiger charge is 2.21. The van der Waals surface area contributed by atoms with Gasteiger partial charge in [0.25, 0.3) is 7.82 Å². The van der Waals surface area contributed by atoms with Crippen LogP contribution in [0.2, 0.25) is 0 Å². The molecule has 0 bridgehead atoms. The van der Waals surface area contributed by atoms with E-state index < -0.39 is 32.5 Å². The fraction of sp³-hybridized carbons (Fsp3) is 0.631. The minimum absolute atomic E-state index is 0.0473. The second kappa shape index (κ2) is 54.9. The van der Waals surface area contributed by atoms with Gasteiger partial charge in [0, 0.05) is 12.8 Å². The molecule has 0 aromatic heterocycles. The quantitative estimate of drug-likeness (QED) is 0.0195. The number of nitrogens with zero attached hydrogens (tertiary/aromatic N) is 1. The molecule has 2 atom stereocenters. The molecule has 0 N–H and O–H groups in total. The van der Waals surface area contributed by atoms with Crippen molar-refractivity contribution in [3.05, 3.63) is 134 Å². The van der Waals surface area contributed by atoms with E-state index in [9.17, 15) is 19.0 Å². The van der Waals surface area contributed by atoms with Gasteiger partial charge in [-0.2, -0.15) is 0 Å². The number of hydrogen-bond donors (Lipinski definition) is 0. The molecule has 2 unspecified atom stereocenters. The zero-order chi connectivity index (χ0) is 54.9. The molecule has 0 spiro atoms. The standard InChI is InChI=1S/C65H108NO8P/c1-6-8-10-12-14-16-18-20-22-24-26-27-28-29-30-31-32-33-34-35-36-37-38-39-40-42-44-46-48-50-52-54-56-58-65(68)74-63(62-73-75(69,70)72-60-59-66(3,4)5)61-71-64(67)57-55-53-51-49-47-45-43-41-25-23-21-19-17-15-13-11-9-7-2/h8,10,14,16,20,22-23,25-27,29-30,32-33,35-36,38-39,42,44,48,50,63H,6-7,9,11-13,15,17-19,21,24,28,31,34,37,40-41,43,45-47,49,51-62H2,1-5H3/b10-8-,16-14-,22-20-,25-23-,27-26-,30-29-,33-32-,36-35-,39-38-,44-42-,50-48-. The largest absolute Gasteiger partial charge is 0.756 e. The number of rotatable bonds is 52. The number of esters is 2. The molecule has 9 nitrogen and oxygen atoms in total. The first kappa shape index (κ1) is 71.2. The smallest absolute Gasteiger partial charge is 0.306 e. The van der Waals surface area contributed by atoms with Gasteiger partial charge in [-0.3, -0.25) is 14.2 Å². The molecule has 0 saturated carbocycles. The third-order valence-electron chi connectivity index (χ3n) is 11.9. The van der Waals surface area contributed by atoms with Crippen LogP contribution in [0.4, 0.5) is 0 Å². The fourth-order valence-electron chi connectivity index (χ4n) is 7.38. The Morgan fingerprint density at radius 3 is 1.17 bits per heavy atom. The Kier molecular flexibility index (Phi) is 52.1. The second-order valence-corrected chi connectivity index (χ2v) is 21.7. The molecule has 426 valence electrons. The second-order valence-electron chi connectivity index (χ2n) is 20.3. The first-order valence-electron chi connectivity index (χ1n) is 29.4. The number of carbonyl (C=O) groups excluding carboxylic acids is 2. The Hall–Kier alpha value is -3.85. The van der Waals surface area contributed by atoms with Crippen LogP contribution in [0.25, 0.3) is 0 Å². The highest BCUT2D eigenvalue weighted by atomic mass is 31.2. The summed E-state index contributed by atoms with van der Waals surface area (Å²) in [6.45, 7) is 4.05. The minimum atomic E-state index is -4.66. The summed E-state index contributed by atoms with van der Waals surface area (Å²) < 4.78 is 34.1. The van der Waals surface area contributed by atoms with E-state index >= 15 is 0 Å². The lowest BCUT2D eigenvalue weighted by Gasteiger charge is -2.28. The van der Waals surface area contributed by atoms with Crippen LogP contribution in [0.1, 0.15) is 213 Å². The topological polar surface area (TPSA) is 111 Å². The maximum Gasteiger partial charge on any atom is 0.306 e. The number of carbonyl (C=O) groups is 2. The molecule has 0 radical (unpaired) electrons. The lowest BCUT2D eigenvalue weighted by Crippen LogP contribution is -2.37. The van der Waals surface area contributed by atoms with Gasteiger partial charge in [-0.15, -0.1) is 0 Å². The van der Waals surface area contributed by atoms with Crippen LogP contribution in [0.15, 0.2) is 134 Å². The van der Waals surface area contributed by atoms with Gasteiger partial charge in [-0.05, 0) is 116 Å². The van der Waals surface area contributed by atoms with Gasteiger partial charge in [0.2, 0.25) is 0 Å². The summed E-state index contributed by atoms with van der Waals surface area (Å²) in [5.74, 6) is -0.898. The fourth-order valence-corrected chi connectivity index (χ4v) is 8.11. The summed E-state index contributed by atoms with van der Waals surface area (Å²) in [7, 11) is 1.12. The highest BCUT2D eigenvalue weighted by Crippen LogP contribution is 2.38. The summed E-state index contributed by atoms with van der Waals surface area (Å²) in [5.41, 5.74) is 0. The average Bonchev–Trinajstić information content (AvgIpc) is 3.37. The summed E-state index contributed by atoms with van der Waals surface area (Å²) >= 11 is 0. The van der Waals surface area contributed by atoms with Crippen LogP contribution in [0, 0.1) is 0 Å². The number of ether oxygens (including phenoxy) is 2. The van der Waals surface area contributed by atoms with Crippen LogP contribution < -0.4 is 4.89 Å². The molecule has 0 saturated heterocycles. The molecule has 0 aliphatic heterocycles. The van der Waals surface area contributed by atoms with E-state index in [0.29, 0.717) is 23.9 Å². The zero-order valence-electron chi connectivity index (χ0n) is 48.2. The molecule has 0 heterocycles. The maximum absolute atomic E-state index is 12.8. The van der Waals surface area contributed by atoms with Gasteiger partial charge in [0.15, 0.2) is 6.10 Å². The van der Waals surface area contributed by atoms with Gasteiger partial charge in [0.05, 0.1) is 27.7 Å². The molecule has 0 aromatic carbocycles. The van der Waals surface area contributed by atoms with Crippen LogP contribution in [0.3, 0.4) is 0 Å². The summed E-state index contributed by atoms with van der Waals surface area (Å²) in [5, 5.41) is 0. The first-order chi connectivity index (χ1) is 36.5. The van der Waals surface area contributed by atoms with Gasteiger partial charge in [0.1, 0.15) is 19.8 Å². The lowest BCUT2D eigenvalue weighted by atomic mass is 10.1. The Morgan fingerprint density at radius 2 is 0.760 bits per heavy atom. The van der Waals surface area contributed by atoms with E-state index in [4.69, 9.17) is 18.5 Å². The lowest BCUT2D eigenvalue weighted by molar-refractivity contribution is -0.870. The number of likely N-dealkylation sites (N-methyl/N-ethyl adjacent to an activating group) is 1. The van der Waals surface area contributed by atoms with Crippen molar-refractivity contribution in [3.63, 3.8) is 0 Å². The number of quaternary nitrogens is 1. The van der Waals surface area contributed by atoms with Crippen molar-refractivity contribution in [2.24, 2.45) is 0 Å². The van der Waals surface area contributed by atoms with Crippen LogP contribution in [-0.2, 0) is 32.7 Å². The van der Waals surface area contributed by atoms with Gasteiger partial charge >= 0.3 is 11.9 Å². The Labute approximate surface area is 460 Å². The van der Waals surface area contributed by atoms with Crippen molar-refractivity contribution < 1.29 is 42.1 Å². The van der Waals surface area contributed by atoms with E-state index in [0.717, 1.165) is 103 Å². The summed E-state index contributed by atoms with van der Waals surface area (Å²) in [6, 6.07) is 0. The van der Waals surface area contributed by atoms with Crippen molar-refractivity contribution in [1.29, 1.82) is 0 Å². The van der Waals surface area contributed by atoms with Crippen molar-refractivity contribution in [2.75, 3.05) is 47.5 Å². The Bertz CT molecular complexity index is 1730. The molecule has 0 amide bonds. The molecule has 0 aliphatic carbocycles. The molecule has 75 heavy (non-hydrogen) atoms. The molecule has 0 fully saturated rings. The maximum atomic E-state index is 12.8. The first-order valence-corrected chi connectivity index (χ1v) is 30.9. The number of phosphoric acid groups is 1. The van der Waals surface area contributed by atoms with E-state index in [1.54, 1.807) is 0 Å². The number of phosphoric ester groups is 1. The summed E-state index contributed by atoms with van der Waals surface area (Å²) in [6.07, 6.45) is 79.3. The molecule has 0 rings (SSSR count). The Morgan fingerprint density at radius 1 is 0.427 bits per heavy atom. The van der Waals surface area contributed by atoms with Crippen LogP contribution >= 0.6 is 7.82 Å². The van der Waals surface area contributed by atoms with E-state index in [1.807, 2.05) is 21.1 Å². The highest BCUT2D eigenvalue weighted by molar-refractivity contribution is 7.45. The van der Waals surface area contributed by atoms with E-state index in [2.05, 4.69) is 148 Å². The molecule has 0 aliphatic rings. The average molecular weight is 1060 g/mol. The minimum Gasteiger partial charge on any atom is -0.756 e. The van der Waals surface area contributed by atoms with Gasteiger partial charge < -0.3 is 27.9 Å². The van der Waals surface area contributed by atoms with Gasteiger partial charge in [-0.25, -0.2) is 0 Å². The van der Waals surface area contributed by atoms with Crippen molar-refractivity contribution in [1.82, 2.24) is 0 Å². The normalized spacial score (nSPS) is 14.3. The molecular weight excluding hydrogens is 954 g/mol. The zero-order valence-corrected chi connectivity index (χ0v) is 49.1. The number of allylic oxidation sites excluding steroid dienone is 22. The van der Waals surface area contributed by atoms with Crippen LogP contribution in [-0.4, -0.2) is 70.0 Å². The predicted octanol–water partition coefficient (Wildman–Crippen LogP) is 17.9. The van der Waals surface area contributed by atoms with E-state index in [1.165, 1.54) is 70.6 Å². The van der Waals surface area contributed by atoms with Crippen LogP contribution in [0.5, 0.6) is 0 Å². The SMILES string of the molecule is CC/C=C\C/C=C\C/C=C\C/C=C\C/C=C\C/C=C\C/C=C\C/C=C\C/C=C\C/C=C\CCCCC(=O)OC(COC(=O)CCCCCCCCC/C=C\CCCCCCCCC)COP(=O)([O-])OCC[N+](C)(C)C. The van der Waals surface area contributed by atoms with Crippen molar-refractivity contribution in [3.8, 4) is 0 Å². The van der Waals surface area contributed by atoms with Gasteiger partial charge in [-0.1, -0.05) is 218 Å². The van der Waals surface area contributed by atoms with Crippen molar-refractivity contribution >= 4 is 19.8 Å². The predicted molar refractivity (Wildman–Crippen MR) is 318 cm³/mol. The molecule has 0 aromatic rings. The molecule has 10 heteroatoms. The summed E-state index contributed by atoms with van der Waals surface area (Å²) in [4.78, 5) is 37.8. The van der Waals surface area contributed by atoms with E-state index in [-0.39, 0.29) is 26.1 Å². The van der Waals surface area contributed by atoms with Crippen molar-refractivity contribution in [2.45, 2.75) is 219 Å². The Balaban J connectivity index is 4.30. The number of hydrogen-bond acceptors (Lipinski definition) is 8. The monoisotopic (exact) mass is 1060 g/mol. The molecular formula is C65H108NO8P. The number of unbranched alkanes of at least 4 members (excludes halogenated alkanes) is 16.